The minimum Gasteiger partial charge on any atom is -0.506 e. The third-order valence-electron chi connectivity index (χ3n) is 3.80. The number of nitrogens with one attached hydrogen (secondary N) is 1. The minimum atomic E-state index is 0.139. The van der Waals surface area contributed by atoms with E-state index >= 15 is 0 Å². The van der Waals surface area contributed by atoms with Gasteiger partial charge < -0.3 is 15.2 Å². The van der Waals surface area contributed by atoms with Crippen molar-refractivity contribution in [1.82, 2.24) is 5.32 Å². The lowest BCUT2D eigenvalue weighted by atomic mass is 10.1. The van der Waals surface area contributed by atoms with Crippen LogP contribution in [0.3, 0.4) is 0 Å². The molecule has 0 aromatic heterocycles. The molecule has 3 rings (SSSR count). The molecule has 98 valence electrons. The summed E-state index contributed by atoms with van der Waals surface area (Å²) in [5, 5.41) is 13.3. The maximum Gasteiger partial charge on any atom is 0.134 e. The van der Waals surface area contributed by atoms with Gasteiger partial charge in [-0.25, -0.2) is 0 Å². The molecule has 2 aliphatic rings. The Hall–Kier alpha value is -0.770. The molecule has 0 spiro atoms. The third kappa shape index (κ3) is 2.63. The predicted octanol–water partition coefficient (Wildman–Crippen LogP) is 2.70. The Morgan fingerprint density at radius 3 is 2.89 bits per heavy atom. The number of rotatable bonds is 4. The molecule has 1 saturated carbocycles. The first kappa shape index (κ1) is 12.3. The van der Waals surface area contributed by atoms with Crippen LogP contribution in [0.2, 0.25) is 5.02 Å². The maximum absolute atomic E-state index is 9.37. The molecular weight excluding hydrogens is 250 g/mol. The molecule has 1 aliphatic carbocycles. The first-order valence-corrected chi connectivity index (χ1v) is 6.94. The van der Waals surface area contributed by atoms with Crippen molar-refractivity contribution < 1.29 is 9.84 Å². The lowest BCUT2D eigenvalue weighted by Crippen LogP contribution is -2.37. The van der Waals surface area contributed by atoms with Crippen LogP contribution < -0.4 is 5.32 Å². The lowest BCUT2D eigenvalue weighted by molar-refractivity contribution is 0.0809. The monoisotopic (exact) mass is 267 g/mol. The Balaban J connectivity index is 1.58. The summed E-state index contributed by atoms with van der Waals surface area (Å²) in [6.45, 7) is 1.65. The number of halogens is 1. The van der Waals surface area contributed by atoms with Crippen LogP contribution in [0.5, 0.6) is 5.75 Å². The van der Waals surface area contributed by atoms with Crippen molar-refractivity contribution in [2.24, 2.45) is 5.92 Å². The molecule has 1 saturated heterocycles. The molecule has 1 aliphatic heterocycles. The normalized spacial score (nSPS) is 27.6. The van der Waals surface area contributed by atoms with Gasteiger partial charge in [0.1, 0.15) is 5.75 Å². The predicted molar refractivity (Wildman–Crippen MR) is 70.8 cm³/mol. The average Bonchev–Trinajstić information content (AvgIpc) is 3.10. The Bertz CT molecular complexity index is 434. The van der Waals surface area contributed by atoms with Gasteiger partial charge in [-0.2, -0.15) is 0 Å². The maximum atomic E-state index is 9.37. The summed E-state index contributed by atoms with van der Waals surface area (Å²) in [7, 11) is 0. The first-order chi connectivity index (χ1) is 8.74. The van der Waals surface area contributed by atoms with Crippen molar-refractivity contribution in [1.29, 1.82) is 0 Å². The molecule has 1 heterocycles. The highest BCUT2D eigenvalue weighted by Crippen LogP contribution is 2.38. The van der Waals surface area contributed by atoms with Crippen LogP contribution >= 0.6 is 11.6 Å². The lowest BCUT2D eigenvalue weighted by Gasteiger charge is -2.19. The summed E-state index contributed by atoms with van der Waals surface area (Å²) in [6.07, 6.45) is 4.12. The van der Waals surface area contributed by atoms with Gasteiger partial charge in [0, 0.05) is 19.2 Å². The molecular formula is C14H18ClNO2. The van der Waals surface area contributed by atoms with Crippen LogP contribution in [0.4, 0.5) is 0 Å². The molecule has 0 bridgehead atoms. The fraction of sp³-hybridized carbons (Fsp3) is 0.571. The largest absolute Gasteiger partial charge is 0.506 e. The van der Waals surface area contributed by atoms with Crippen molar-refractivity contribution in [3.8, 4) is 5.75 Å². The van der Waals surface area contributed by atoms with E-state index in [2.05, 4.69) is 5.32 Å². The number of ether oxygens (including phenoxy) is 1. The van der Waals surface area contributed by atoms with Gasteiger partial charge in [0.15, 0.2) is 0 Å². The fourth-order valence-corrected chi connectivity index (χ4v) is 2.83. The second-order valence-corrected chi connectivity index (χ2v) is 5.64. The standard InChI is InChI=1S/C14H18ClNO2/c15-11-7-9(1-4-13(11)17)8-16-12-5-6-18-14(12)10-2-3-10/h1,4,7,10,12,14,16-17H,2-3,5-6,8H2. The number of hydrogen-bond donors (Lipinski definition) is 2. The van der Waals surface area contributed by atoms with Crippen LogP contribution in [-0.4, -0.2) is 23.9 Å². The highest BCUT2D eigenvalue weighted by molar-refractivity contribution is 6.32. The van der Waals surface area contributed by atoms with E-state index in [0.29, 0.717) is 17.2 Å². The molecule has 4 heteroatoms. The van der Waals surface area contributed by atoms with E-state index in [0.717, 1.165) is 31.1 Å². The highest BCUT2D eigenvalue weighted by Gasteiger charge is 2.40. The smallest absolute Gasteiger partial charge is 0.134 e. The summed E-state index contributed by atoms with van der Waals surface area (Å²) in [4.78, 5) is 0. The van der Waals surface area contributed by atoms with Gasteiger partial charge in [0.05, 0.1) is 11.1 Å². The van der Waals surface area contributed by atoms with E-state index in [1.807, 2.05) is 12.1 Å². The van der Waals surface area contributed by atoms with Crippen molar-refractivity contribution in [3.05, 3.63) is 28.8 Å². The summed E-state index contributed by atoms with van der Waals surface area (Å²) in [5.41, 5.74) is 1.10. The molecule has 2 fully saturated rings. The van der Waals surface area contributed by atoms with Gasteiger partial charge in [-0.3, -0.25) is 0 Å². The van der Waals surface area contributed by atoms with E-state index < -0.39 is 0 Å². The number of benzene rings is 1. The zero-order valence-electron chi connectivity index (χ0n) is 10.2. The molecule has 3 nitrogen and oxygen atoms in total. The minimum absolute atomic E-state index is 0.139. The van der Waals surface area contributed by atoms with Crippen LogP contribution in [0.1, 0.15) is 24.8 Å². The summed E-state index contributed by atoms with van der Waals surface area (Å²) >= 11 is 5.90. The molecule has 2 atom stereocenters. The van der Waals surface area contributed by atoms with Crippen molar-refractivity contribution in [3.63, 3.8) is 0 Å². The van der Waals surface area contributed by atoms with E-state index in [4.69, 9.17) is 16.3 Å². The van der Waals surface area contributed by atoms with Gasteiger partial charge >= 0.3 is 0 Å². The van der Waals surface area contributed by atoms with Crippen molar-refractivity contribution in [2.75, 3.05) is 6.61 Å². The van der Waals surface area contributed by atoms with Gasteiger partial charge in [-0.1, -0.05) is 17.7 Å². The van der Waals surface area contributed by atoms with Gasteiger partial charge in [0.25, 0.3) is 0 Å². The Labute approximate surface area is 112 Å². The molecule has 1 aromatic rings. The zero-order chi connectivity index (χ0) is 12.5. The van der Waals surface area contributed by atoms with Crippen LogP contribution in [-0.2, 0) is 11.3 Å². The summed E-state index contributed by atoms with van der Waals surface area (Å²) < 4.78 is 5.79. The first-order valence-electron chi connectivity index (χ1n) is 6.56. The van der Waals surface area contributed by atoms with Crippen LogP contribution in [0.25, 0.3) is 0 Å². The summed E-state index contributed by atoms with van der Waals surface area (Å²) in [6, 6.07) is 5.82. The molecule has 0 radical (unpaired) electrons. The van der Waals surface area contributed by atoms with Gasteiger partial charge in [-0.05, 0) is 42.9 Å². The highest BCUT2D eigenvalue weighted by atomic mass is 35.5. The summed E-state index contributed by atoms with van der Waals surface area (Å²) in [5.74, 6) is 0.911. The number of aromatic hydroxyl groups is 1. The molecule has 1 aromatic carbocycles. The molecule has 2 unspecified atom stereocenters. The zero-order valence-corrected chi connectivity index (χ0v) is 11.0. The number of hydrogen-bond acceptors (Lipinski definition) is 3. The topological polar surface area (TPSA) is 41.5 Å². The third-order valence-corrected chi connectivity index (χ3v) is 4.11. The SMILES string of the molecule is Oc1ccc(CNC2CCOC2C2CC2)cc1Cl. The van der Waals surface area contributed by atoms with Crippen LogP contribution in [0, 0.1) is 5.92 Å². The molecule has 2 N–H and O–H groups in total. The Kier molecular flexibility index (Phi) is 3.46. The average molecular weight is 268 g/mol. The fourth-order valence-electron chi connectivity index (χ4n) is 2.63. The van der Waals surface area contributed by atoms with E-state index in [1.165, 1.54) is 12.8 Å². The van der Waals surface area contributed by atoms with Gasteiger partial charge in [0.2, 0.25) is 0 Å². The van der Waals surface area contributed by atoms with E-state index in [-0.39, 0.29) is 5.75 Å². The molecule has 18 heavy (non-hydrogen) atoms. The second kappa shape index (κ2) is 5.08. The number of phenols is 1. The second-order valence-electron chi connectivity index (χ2n) is 5.23. The molecule has 0 amide bonds. The van der Waals surface area contributed by atoms with Crippen molar-refractivity contribution in [2.45, 2.75) is 38.0 Å². The Morgan fingerprint density at radius 1 is 1.33 bits per heavy atom. The van der Waals surface area contributed by atoms with Gasteiger partial charge in [-0.15, -0.1) is 0 Å². The van der Waals surface area contributed by atoms with E-state index in [9.17, 15) is 5.11 Å². The number of phenolic OH excluding ortho intramolecular Hbond substituents is 1. The Morgan fingerprint density at radius 2 is 2.17 bits per heavy atom. The van der Waals surface area contributed by atoms with E-state index in [1.54, 1.807) is 6.07 Å². The van der Waals surface area contributed by atoms with Crippen LogP contribution in [0.15, 0.2) is 18.2 Å². The van der Waals surface area contributed by atoms with Crippen molar-refractivity contribution >= 4 is 11.6 Å². The quantitative estimate of drug-likeness (QED) is 0.881.